The highest BCUT2D eigenvalue weighted by Gasteiger charge is 2.55. The molecule has 0 amide bonds. The zero-order chi connectivity index (χ0) is 37.1. The van der Waals surface area contributed by atoms with Crippen LogP contribution >= 0.6 is 11.8 Å². The molecule has 2 saturated heterocycles. The monoisotopic (exact) mass is 728 g/mol. The fourth-order valence-corrected chi connectivity index (χ4v) is 6.36. The van der Waals surface area contributed by atoms with Gasteiger partial charge in [0.1, 0.15) is 24.3 Å². The maximum atomic E-state index is 12.3. The van der Waals surface area contributed by atoms with Gasteiger partial charge in [0, 0.05) is 53.4 Å². The third-order valence-corrected chi connectivity index (χ3v) is 8.02. The van der Waals surface area contributed by atoms with Crippen molar-refractivity contribution in [3.8, 4) is 0 Å². The summed E-state index contributed by atoms with van der Waals surface area (Å²) in [7, 11) is 0. The van der Waals surface area contributed by atoms with E-state index in [2.05, 4.69) is 0 Å². The number of hydrogen-bond acceptors (Lipinski definition) is 18. The average molecular weight is 729 g/mol. The first kappa shape index (κ1) is 40.2. The Morgan fingerprint density at radius 3 is 1.42 bits per heavy atom. The molecule has 0 aliphatic carbocycles. The van der Waals surface area contributed by atoms with Gasteiger partial charge in [-0.05, 0) is 12.1 Å². The van der Waals surface area contributed by atoms with Crippen LogP contribution in [0, 0.1) is 0 Å². The Kier molecular flexibility index (Phi) is 15.0. The van der Waals surface area contributed by atoms with E-state index in [1.54, 1.807) is 30.3 Å². The molecular formula is C32H40O17S. The Bertz CT molecular complexity index is 1390. The van der Waals surface area contributed by atoms with Crippen molar-refractivity contribution in [3.63, 3.8) is 0 Å². The summed E-state index contributed by atoms with van der Waals surface area (Å²) in [6, 6.07) is 8.85. The standard InChI is InChI=1S/C32H40O17S/c1-15(33)40-13-23-25(42-16(2)34)27(44-18(4)36)29(46-20(6)38)31(48-23)41-14-24-26(43-17(3)35)28(45-19(5)37)30(47-21(7)39)32(49-24)50-22-11-9-8-10-12-22/h8-12,23-32H,13-14H2,1-7H3/t23-,24-,25+,26-,27+,28+,29-,30-,31+,32+/m1/s1. The van der Waals surface area contributed by atoms with Crippen LogP contribution in [-0.4, -0.2) is 116 Å². The van der Waals surface area contributed by atoms with E-state index in [-0.39, 0.29) is 0 Å². The molecule has 0 unspecified atom stereocenters. The quantitative estimate of drug-likeness (QED) is 0.207. The molecule has 2 fully saturated rings. The highest BCUT2D eigenvalue weighted by Crippen LogP contribution is 2.38. The van der Waals surface area contributed by atoms with Crippen molar-refractivity contribution in [1.29, 1.82) is 0 Å². The molecule has 50 heavy (non-hydrogen) atoms. The molecule has 2 aliphatic rings. The van der Waals surface area contributed by atoms with Crippen molar-refractivity contribution in [1.82, 2.24) is 0 Å². The summed E-state index contributed by atoms with van der Waals surface area (Å²) in [5.74, 6) is -5.54. The van der Waals surface area contributed by atoms with Gasteiger partial charge >= 0.3 is 41.8 Å². The van der Waals surface area contributed by atoms with E-state index >= 15 is 0 Å². The predicted octanol–water partition coefficient (Wildman–Crippen LogP) is 1.40. The van der Waals surface area contributed by atoms with E-state index < -0.39 is 116 Å². The molecule has 18 heteroatoms. The first-order valence-electron chi connectivity index (χ1n) is 15.4. The van der Waals surface area contributed by atoms with Crippen LogP contribution < -0.4 is 0 Å². The molecule has 0 bridgehead atoms. The van der Waals surface area contributed by atoms with Crippen molar-refractivity contribution < 1.29 is 80.9 Å². The number of ether oxygens (including phenoxy) is 10. The Balaban J connectivity index is 2.05. The molecule has 0 spiro atoms. The zero-order valence-corrected chi connectivity index (χ0v) is 29.2. The molecule has 0 saturated carbocycles. The van der Waals surface area contributed by atoms with E-state index in [0.29, 0.717) is 4.90 Å². The van der Waals surface area contributed by atoms with E-state index in [0.717, 1.165) is 60.2 Å². The fraction of sp³-hybridized carbons (Fsp3) is 0.594. The largest absolute Gasteiger partial charge is 0.463 e. The van der Waals surface area contributed by atoms with E-state index in [4.69, 9.17) is 47.4 Å². The summed E-state index contributed by atoms with van der Waals surface area (Å²) >= 11 is 1.12. The normalized spacial score (nSPS) is 29.0. The first-order valence-corrected chi connectivity index (χ1v) is 16.2. The second kappa shape index (κ2) is 18.7. The highest BCUT2D eigenvalue weighted by atomic mass is 32.2. The summed E-state index contributed by atoms with van der Waals surface area (Å²) in [5, 5.41) is 0. The second-order valence-corrected chi connectivity index (χ2v) is 12.3. The van der Waals surface area contributed by atoms with Crippen LogP contribution in [0.1, 0.15) is 48.5 Å². The van der Waals surface area contributed by atoms with Crippen molar-refractivity contribution in [2.75, 3.05) is 13.2 Å². The minimum absolute atomic E-state index is 0.498. The Hall–Kier alpha value is -4.26. The molecule has 10 atom stereocenters. The Morgan fingerprint density at radius 2 is 0.940 bits per heavy atom. The summed E-state index contributed by atoms with van der Waals surface area (Å²) in [6.45, 7) is 6.70. The van der Waals surface area contributed by atoms with Gasteiger partial charge in [-0.2, -0.15) is 0 Å². The summed E-state index contributed by atoms with van der Waals surface area (Å²) in [5.41, 5.74) is -1.05. The van der Waals surface area contributed by atoms with Crippen LogP contribution in [0.4, 0.5) is 0 Å². The lowest BCUT2D eigenvalue weighted by atomic mass is 9.97. The minimum atomic E-state index is -1.60. The van der Waals surface area contributed by atoms with Crippen LogP contribution in [0.15, 0.2) is 35.2 Å². The Morgan fingerprint density at radius 1 is 0.520 bits per heavy atom. The van der Waals surface area contributed by atoms with Gasteiger partial charge in [0.05, 0.1) is 6.61 Å². The van der Waals surface area contributed by atoms with Crippen LogP contribution in [-0.2, 0) is 80.9 Å². The zero-order valence-electron chi connectivity index (χ0n) is 28.4. The van der Waals surface area contributed by atoms with Gasteiger partial charge in [0.2, 0.25) is 0 Å². The Labute approximate surface area is 291 Å². The number of carbonyl (C=O) groups is 7. The molecule has 0 aromatic heterocycles. The third-order valence-electron chi connectivity index (χ3n) is 6.87. The smallest absolute Gasteiger partial charge is 0.303 e. The summed E-state index contributed by atoms with van der Waals surface area (Å²) in [4.78, 5) is 85.7. The predicted molar refractivity (Wildman–Crippen MR) is 166 cm³/mol. The van der Waals surface area contributed by atoms with Gasteiger partial charge < -0.3 is 47.4 Å². The molecule has 1 aromatic rings. The van der Waals surface area contributed by atoms with E-state index in [9.17, 15) is 33.6 Å². The molecule has 0 radical (unpaired) electrons. The lowest BCUT2D eigenvalue weighted by Gasteiger charge is -2.46. The highest BCUT2D eigenvalue weighted by molar-refractivity contribution is 7.99. The number of thioether (sulfide) groups is 1. The van der Waals surface area contributed by atoms with Gasteiger partial charge in [0.15, 0.2) is 42.9 Å². The summed E-state index contributed by atoms with van der Waals surface area (Å²) < 4.78 is 56.4. The number of hydrogen-bond donors (Lipinski definition) is 0. The van der Waals surface area contributed by atoms with Gasteiger partial charge in [0.25, 0.3) is 0 Å². The fourth-order valence-electron chi connectivity index (χ4n) is 5.23. The minimum Gasteiger partial charge on any atom is -0.463 e. The SMILES string of the molecule is CC(=O)OC[C@H]1O[C@H](OC[C@H]2O[C@@H](Sc3ccccc3)[C@H](OC(C)=O)[C@@H](OC(C)=O)[C@@H]2OC(C)=O)[C@H](OC(C)=O)[C@@H](OC(C)=O)[C@H]1OC(C)=O. The number of carbonyl (C=O) groups excluding carboxylic acids is 7. The van der Waals surface area contributed by atoms with Crippen molar-refractivity contribution >= 4 is 53.5 Å². The molecule has 2 aliphatic heterocycles. The van der Waals surface area contributed by atoms with Gasteiger partial charge in [-0.3, -0.25) is 33.6 Å². The topological polar surface area (TPSA) is 212 Å². The maximum absolute atomic E-state index is 12.3. The molecule has 276 valence electrons. The van der Waals surface area contributed by atoms with Gasteiger partial charge in [-0.1, -0.05) is 30.0 Å². The average Bonchev–Trinajstić information content (AvgIpc) is 3.00. The first-order chi connectivity index (χ1) is 23.5. The lowest BCUT2D eigenvalue weighted by molar-refractivity contribution is -0.317. The molecule has 2 heterocycles. The molecule has 17 nitrogen and oxygen atoms in total. The maximum Gasteiger partial charge on any atom is 0.303 e. The van der Waals surface area contributed by atoms with Crippen LogP contribution in [0.3, 0.4) is 0 Å². The van der Waals surface area contributed by atoms with Crippen LogP contribution in [0.2, 0.25) is 0 Å². The van der Waals surface area contributed by atoms with Crippen LogP contribution in [0.25, 0.3) is 0 Å². The van der Waals surface area contributed by atoms with Gasteiger partial charge in [-0.15, -0.1) is 0 Å². The molecule has 3 rings (SSSR count). The third kappa shape index (κ3) is 12.0. The van der Waals surface area contributed by atoms with Crippen molar-refractivity contribution in [2.24, 2.45) is 0 Å². The van der Waals surface area contributed by atoms with E-state index in [1.165, 1.54) is 0 Å². The number of benzene rings is 1. The molecule has 1 aromatic carbocycles. The van der Waals surface area contributed by atoms with Crippen LogP contribution in [0.5, 0.6) is 0 Å². The van der Waals surface area contributed by atoms with Crippen molar-refractivity contribution in [2.45, 2.75) is 114 Å². The number of esters is 7. The molecule has 0 N–H and O–H groups in total. The van der Waals surface area contributed by atoms with Crippen molar-refractivity contribution in [3.05, 3.63) is 30.3 Å². The second-order valence-electron chi connectivity index (χ2n) is 11.1. The molecular weight excluding hydrogens is 688 g/mol. The number of rotatable bonds is 13. The lowest BCUT2D eigenvalue weighted by Crippen LogP contribution is -2.64. The summed E-state index contributed by atoms with van der Waals surface area (Å²) in [6.07, 6.45) is -12.7. The van der Waals surface area contributed by atoms with Gasteiger partial charge in [-0.25, -0.2) is 0 Å². The van der Waals surface area contributed by atoms with E-state index in [1.807, 2.05) is 0 Å².